The maximum atomic E-state index is 14.3. The predicted molar refractivity (Wildman–Crippen MR) is 192 cm³/mol. The highest BCUT2D eigenvalue weighted by Crippen LogP contribution is 2.23. The lowest BCUT2D eigenvalue weighted by Crippen LogP contribution is -2.62. The molecule has 1 rings (SSSR count). The summed E-state index contributed by atoms with van der Waals surface area (Å²) in [7, 11) is 7.74. The summed E-state index contributed by atoms with van der Waals surface area (Å²) in [6.07, 6.45) is 1.25. The number of carbonyl (C=O) groups excluding carboxylic acids is 6. The Balaban J connectivity index is 3.37. The third-order valence-electron chi connectivity index (χ3n) is 9.84. The molecule has 0 aromatic heterocycles. The van der Waals surface area contributed by atoms with Crippen LogP contribution in [0.2, 0.25) is 0 Å². The van der Waals surface area contributed by atoms with E-state index in [-0.39, 0.29) is 35.5 Å². The summed E-state index contributed by atoms with van der Waals surface area (Å²) in [5, 5.41) is 5.54. The second-order valence-electron chi connectivity index (χ2n) is 14.0. The number of amides is 6. The molecule has 12 heteroatoms. The Morgan fingerprint density at radius 3 is 1.51 bits per heavy atom. The van der Waals surface area contributed by atoms with Crippen molar-refractivity contribution in [2.24, 2.45) is 23.7 Å². The number of hydrogen-bond acceptors (Lipinski definition) is 6. The number of benzene rings is 1. The molecule has 0 radical (unpaired) electrons. The zero-order chi connectivity index (χ0) is 37.9. The van der Waals surface area contributed by atoms with Crippen LogP contribution in [0, 0.1) is 23.7 Å². The summed E-state index contributed by atoms with van der Waals surface area (Å²) in [5.41, 5.74) is 0.445. The van der Waals surface area contributed by atoms with Gasteiger partial charge in [-0.25, -0.2) is 0 Å². The van der Waals surface area contributed by atoms with Gasteiger partial charge in [0.25, 0.3) is 5.91 Å². The zero-order valence-corrected chi connectivity index (χ0v) is 32.2. The second-order valence-corrected chi connectivity index (χ2v) is 14.0. The first-order chi connectivity index (χ1) is 22.8. The minimum absolute atomic E-state index is 0.124. The van der Waals surface area contributed by atoms with Crippen molar-refractivity contribution < 1.29 is 28.8 Å². The van der Waals surface area contributed by atoms with Crippen molar-refractivity contribution in [2.45, 2.75) is 105 Å². The van der Waals surface area contributed by atoms with Gasteiger partial charge in [-0.1, -0.05) is 86.4 Å². The molecule has 0 aliphatic carbocycles. The maximum absolute atomic E-state index is 14.3. The van der Waals surface area contributed by atoms with Gasteiger partial charge in [-0.15, -0.1) is 0 Å². The Kier molecular flexibility index (Phi) is 16.9. The Labute approximate surface area is 294 Å². The fourth-order valence-corrected chi connectivity index (χ4v) is 6.14. The van der Waals surface area contributed by atoms with E-state index in [9.17, 15) is 28.8 Å². The Morgan fingerprint density at radius 1 is 0.592 bits per heavy atom. The van der Waals surface area contributed by atoms with Crippen LogP contribution < -0.4 is 10.6 Å². The van der Waals surface area contributed by atoms with E-state index in [0.717, 1.165) is 0 Å². The molecule has 2 N–H and O–H groups in total. The highest BCUT2D eigenvalue weighted by molar-refractivity contribution is 5.99. The predicted octanol–water partition coefficient (Wildman–Crippen LogP) is 3.26. The monoisotopic (exact) mass is 686 g/mol. The summed E-state index contributed by atoms with van der Waals surface area (Å²) in [4.78, 5) is 87.3. The minimum atomic E-state index is -0.967. The van der Waals surface area contributed by atoms with Gasteiger partial charge in [0.2, 0.25) is 29.5 Å². The number of carbonyl (C=O) groups is 6. The molecule has 1 aromatic rings. The van der Waals surface area contributed by atoms with Crippen LogP contribution in [0.5, 0.6) is 0 Å². The average molecular weight is 687 g/mol. The topological polar surface area (TPSA) is 139 Å². The summed E-state index contributed by atoms with van der Waals surface area (Å²) in [6.45, 7) is 16.5. The molecule has 0 aliphatic rings. The van der Waals surface area contributed by atoms with Crippen LogP contribution in [-0.4, -0.2) is 120 Å². The van der Waals surface area contributed by atoms with Crippen molar-refractivity contribution in [1.82, 2.24) is 30.2 Å². The molecule has 0 saturated carbocycles. The van der Waals surface area contributed by atoms with Crippen LogP contribution in [0.1, 0.15) is 85.5 Å². The third-order valence-corrected chi connectivity index (χ3v) is 9.84. The summed E-state index contributed by atoms with van der Waals surface area (Å²) < 4.78 is 0. The molecule has 0 heterocycles. The SMILES string of the molecule is CC[C@H](C)[C@@H](C(=O)NC)N(C)C(=O)[C@@H](NC(=O)[C@@H](C(C)C)N(C)C(=O)[C@@H]([C@@H](C)CC)N(C)C(=O)[C@H](C)N(C)C(=O)c1ccccc1)C(C)C. The Morgan fingerprint density at radius 2 is 1.06 bits per heavy atom. The number of rotatable bonds is 17. The third kappa shape index (κ3) is 10.5. The molecule has 0 saturated heterocycles. The smallest absolute Gasteiger partial charge is 0.254 e. The first-order valence-electron chi connectivity index (χ1n) is 17.4. The van der Waals surface area contributed by atoms with Crippen LogP contribution in [0.25, 0.3) is 0 Å². The van der Waals surface area contributed by atoms with Gasteiger partial charge >= 0.3 is 0 Å². The lowest BCUT2D eigenvalue weighted by molar-refractivity contribution is -0.152. The minimum Gasteiger partial charge on any atom is -0.357 e. The molecule has 0 unspecified atom stereocenters. The van der Waals surface area contributed by atoms with Gasteiger partial charge in [-0.3, -0.25) is 28.8 Å². The Hall–Kier alpha value is -3.96. The van der Waals surface area contributed by atoms with E-state index in [1.165, 1.54) is 33.7 Å². The second kappa shape index (κ2) is 19.3. The lowest BCUT2D eigenvalue weighted by Gasteiger charge is -2.40. The lowest BCUT2D eigenvalue weighted by atomic mass is 9.93. The average Bonchev–Trinajstić information content (AvgIpc) is 3.08. The quantitative estimate of drug-likeness (QED) is 0.258. The molecule has 49 heavy (non-hydrogen) atoms. The van der Waals surface area contributed by atoms with E-state index in [1.54, 1.807) is 58.4 Å². The van der Waals surface area contributed by atoms with Crippen molar-refractivity contribution in [1.29, 1.82) is 0 Å². The standard InChI is InChI=1S/C37H62N6O6/c1-15-24(7)30(32(44)38-10)42(13)36(48)28(22(3)4)39-33(45)29(23(5)6)41(12)37(49)31(25(8)16-2)43(14)34(46)26(9)40(11)35(47)27-20-18-17-19-21-27/h17-26,28-31H,15-16H2,1-14H3,(H,38,44)(H,39,45)/t24-,25-,26-,28-,29+,30-,31+/m0/s1. The molecule has 0 spiro atoms. The maximum Gasteiger partial charge on any atom is 0.254 e. The van der Waals surface area contributed by atoms with E-state index in [1.807, 2.05) is 55.4 Å². The van der Waals surface area contributed by atoms with Gasteiger partial charge in [0.05, 0.1) is 0 Å². The fourth-order valence-electron chi connectivity index (χ4n) is 6.14. The first kappa shape index (κ1) is 43.1. The molecule has 12 nitrogen and oxygen atoms in total. The molecule has 276 valence electrons. The van der Waals surface area contributed by atoms with Gasteiger partial charge in [0.1, 0.15) is 30.2 Å². The molecule has 7 atom stereocenters. The van der Waals surface area contributed by atoms with Crippen molar-refractivity contribution >= 4 is 35.4 Å². The molecule has 0 aliphatic heterocycles. The van der Waals surface area contributed by atoms with Crippen molar-refractivity contribution in [3.8, 4) is 0 Å². The van der Waals surface area contributed by atoms with Gasteiger partial charge in [0.15, 0.2) is 0 Å². The van der Waals surface area contributed by atoms with Gasteiger partial charge < -0.3 is 30.2 Å². The highest BCUT2D eigenvalue weighted by atomic mass is 16.2. The fraction of sp³-hybridized carbons (Fsp3) is 0.676. The van der Waals surface area contributed by atoms with Crippen LogP contribution in [0.4, 0.5) is 0 Å². The van der Waals surface area contributed by atoms with E-state index in [2.05, 4.69) is 10.6 Å². The van der Waals surface area contributed by atoms with Crippen molar-refractivity contribution in [3.63, 3.8) is 0 Å². The van der Waals surface area contributed by atoms with Crippen LogP contribution in [0.15, 0.2) is 30.3 Å². The molecular formula is C37H62N6O6. The Bertz CT molecular complexity index is 1290. The molecule has 6 amide bonds. The normalized spacial score (nSPS) is 15.6. The molecular weight excluding hydrogens is 624 g/mol. The molecule has 0 fully saturated rings. The van der Waals surface area contributed by atoms with Gasteiger partial charge in [-0.05, 0) is 42.7 Å². The number of nitrogens with zero attached hydrogens (tertiary/aromatic N) is 4. The van der Waals surface area contributed by atoms with Crippen LogP contribution in [0.3, 0.4) is 0 Å². The van der Waals surface area contributed by atoms with E-state index < -0.39 is 53.8 Å². The first-order valence-corrected chi connectivity index (χ1v) is 17.4. The number of hydrogen-bond donors (Lipinski definition) is 2. The van der Waals surface area contributed by atoms with E-state index in [4.69, 9.17) is 0 Å². The molecule has 0 bridgehead atoms. The van der Waals surface area contributed by atoms with E-state index in [0.29, 0.717) is 18.4 Å². The highest BCUT2D eigenvalue weighted by Gasteiger charge is 2.42. The van der Waals surface area contributed by atoms with Crippen molar-refractivity contribution in [2.75, 3.05) is 35.2 Å². The summed E-state index contributed by atoms with van der Waals surface area (Å²) in [5.74, 6) is -3.42. The van der Waals surface area contributed by atoms with Gasteiger partial charge in [0, 0.05) is 40.8 Å². The number of nitrogens with one attached hydrogen (secondary N) is 2. The summed E-state index contributed by atoms with van der Waals surface area (Å²) >= 11 is 0. The number of likely N-dealkylation sites (N-methyl/N-ethyl adjacent to an activating group) is 5. The largest absolute Gasteiger partial charge is 0.357 e. The summed E-state index contributed by atoms with van der Waals surface area (Å²) in [6, 6.07) is 4.24. The van der Waals surface area contributed by atoms with Crippen LogP contribution in [-0.2, 0) is 24.0 Å². The van der Waals surface area contributed by atoms with Crippen molar-refractivity contribution in [3.05, 3.63) is 35.9 Å². The molecule has 1 aromatic carbocycles. The zero-order valence-electron chi connectivity index (χ0n) is 32.2. The van der Waals surface area contributed by atoms with Crippen LogP contribution >= 0.6 is 0 Å². The van der Waals surface area contributed by atoms with E-state index >= 15 is 0 Å². The van der Waals surface area contributed by atoms with Gasteiger partial charge in [-0.2, -0.15) is 0 Å².